The van der Waals surface area contributed by atoms with E-state index in [1.807, 2.05) is 0 Å². The largest absolute Gasteiger partial charge is 0.503 e. The summed E-state index contributed by atoms with van der Waals surface area (Å²) in [6.07, 6.45) is 1.37. The standard InChI is InChI=1S/C14H13BrN2O6/c1-2-23-10-5-7(3-8(15)12(10)20)4-9-13(21)17(6-11(18)19)14(22)16-9/h3-5,20H,2,6H2,1H3,(H,16,22)(H,18,19)/b9-4+. The van der Waals surface area contributed by atoms with Gasteiger partial charge in [-0.1, -0.05) is 0 Å². The number of phenolic OH excluding ortho intramolecular Hbond substituents is 1. The number of hydrogen-bond donors (Lipinski definition) is 3. The summed E-state index contributed by atoms with van der Waals surface area (Å²) < 4.78 is 5.63. The van der Waals surface area contributed by atoms with E-state index in [1.165, 1.54) is 18.2 Å². The summed E-state index contributed by atoms with van der Waals surface area (Å²) in [5.74, 6) is -1.89. The van der Waals surface area contributed by atoms with Crippen molar-refractivity contribution < 1.29 is 29.3 Å². The van der Waals surface area contributed by atoms with Gasteiger partial charge in [-0.05, 0) is 46.6 Å². The third kappa shape index (κ3) is 3.62. The molecule has 1 aliphatic heterocycles. The molecule has 9 heteroatoms. The Morgan fingerprint density at radius 1 is 1.43 bits per heavy atom. The number of imide groups is 1. The molecule has 122 valence electrons. The highest BCUT2D eigenvalue weighted by Gasteiger charge is 2.34. The smallest absolute Gasteiger partial charge is 0.329 e. The lowest BCUT2D eigenvalue weighted by Gasteiger charge is -2.09. The Balaban J connectivity index is 2.34. The van der Waals surface area contributed by atoms with Gasteiger partial charge in [0.25, 0.3) is 5.91 Å². The van der Waals surface area contributed by atoms with Gasteiger partial charge in [-0.3, -0.25) is 9.59 Å². The summed E-state index contributed by atoms with van der Waals surface area (Å²) >= 11 is 3.17. The van der Waals surface area contributed by atoms with Crippen LogP contribution in [0.1, 0.15) is 12.5 Å². The molecule has 8 nitrogen and oxygen atoms in total. The molecule has 0 atom stereocenters. The normalized spacial score (nSPS) is 15.9. The van der Waals surface area contributed by atoms with Crippen LogP contribution >= 0.6 is 15.9 Å². The number of halogens is 1. The van der Waals surface area contributed by atoms with Gasteiger partial charge in [-0.2, -0.15) is 0 Å². The fraction of sp³-hybridized carbons (Fsp3) is 0.214. The van der Waals surface area contributed by atoms with Crippen molar-refractivity contribution in [3.05, 3.63) is 27.9 Å². The van der Waals surface area contributed by atoms with Crippen molar-refractivity contribution in [3.63, 3.8) is 0 Å². The molecule has 1 aliphatic rings. The van der Waals surface area contributed by atoms with Crippen molar-refractivity contribution in [2.75, 3.05) is 13.2 Å². The van der Waals surface area contributed by atoms with Crippen LogP contribution in [0.2, 0.25) is 0 Å². The number of aliphatic carboxylic acids is 1. The second-order valence-electron chi connectivity index (χ2n) is 4.56. The van der Waals surface area contributed by atoms with Gasteiger partial charge in [-0.15, -0.1) is 0 Å². The minimum atomic E-state index is -1.29. The number of carboxylic acids is 1. The molecule has 0 bridgehead atoms. The van der Waals surface area contributed by atoms with Crippen molar-refractivity contribution in [3.8, 4) is 11.5 Å². The number of ether oxygens (including phenoxy) is 1. The molecule has 0 radical (unpaired) electrons. The van der Waals surface area contributed by atoms with Crippen molar-refractivity contribution in [2.24, 2.45) is 0 Å². The van der Waals surface area contributed by atoms with Gasteiger partial charge in [0.1, 0.15) is 12.2 Å². The molecular weight excluding hydrogens is 372 g/mol. The molecule has 1 aromatic carbocycles. The zero-order valence-electron chi connectivity index (χ0n) is 12.0. The van der Waals surface area contributed by atoms with Crippen LogP contribution in [0.25, 0.3) is 6.08 Å². The number of benzene rings is 1. The van der Waals surface area contributed by atoms with E-state index >= 15 is 0 Å². The highest BCUT2D eigenvalue weighted by molar-refractivity contribution is 9.10. The van der Waals surface area contributed by atoms with Gasteiger partial charge in [0, 0.05) is 0 Å². The van der Waals surface area contributed by atoms with Crippen molar-refractivity contribution >= 4 is 39.9 Å². The Kier molecular flexibility index (Phi) is 4.89. The first-order valence-electron chi connectivity index (χ1n) is 6.55. The number of carbonyl (C=O) groups excluding carboxylic acids is 2. The third-order valence-corrected chi connectivity index (χ3v) is 3.52. The van der Waals surface area contributed by atoms with E-state index in [9.17, 15) is 19.5 Å². The lowest BCUT2D eigenvalue weighted by atomic mass is 10.1. The topological polar surface area (TPSA) is 116 Å². The van der Waals surface area contributed by atoms with E-state index < -0.39 is 24.5 Å². The fourth-order valence-corrected chi connectivity index (χ4v) is 2.42. The minimum Gasteiger partial charge on any atom is -0.503 e. The number of carboxylic acid groups (broad SMARTS) is 1. The van der Waals surface area contributed by atoms with Gasteiger partial charge in [0.2, 0.25) is 0 Å². The molecule has 0 saturated carbocycles. The molecule has 3 amide bonds. The highest BCUT2D eigenvalue weighted by atomic mass is 79.9. The van der Waals surface area contributed by atoms with E-state index in [2.05, 4.69) is 21.2 Å². The predicted molar refractivity (Wildman–Crippen MR) is 82.8 cm³/mol. The molecular formula is C14H13BrN2O6. The summed E-state index contributed by atoms with van der Waals surface area (Å²) in [6.45, 7) is 1.37. The van der Waals surface area contributed by atoms with Crippen molar-refractivity contribution in [1.82, 2.24) is 10.2 Å². The van der Waals surface area contributed by atoms with Crippen LogP contribution in [0.4, 0.5) is 4.79 Å². The van der Waals surface area contributed by atoms with Gasteiger partial charge in [0.15, 0.2) is 11.5 Å². The number of urea groups is 1. The number of amides is 3. The quantitative estimate of drug-likeness (QED) is 0.523. The average Bonchev–Trinajstić information content (AvgIpc) is 2.72. The maximum atomic E-state index is 12.0. The van der Waals surface area contributed by atoms with E-state index in [4.69, 9.17) is 9.84 Å². The molecule has 0 spiro atoms. The average molecular weight is 385 g/mol. The molecule has 1 fully saturated rings. The van der Waals surface area contributed by atoms with Gasteiger partial charge < -0.3 is 20.3 Å². The zero-order valence-corrected chi connectivity index (χ0v) is 13.6. The SMILES string of the molecule is CCOc1cc(/C=C2/NC(=O)N(CC(=O)O)C2=O)cc(Br)c1O. The van der Waals surface area contributed by atoms with Gasteiger partial charge in [-0.25, -0.2) is 9.69 Å². The molecule has 0 unspecified atom stereocenters. The first kappa shape index (κ1) is 16.8. The molecule has 3 N–H and O–H groups in total. The molecule has 2 rings (SSSR count). The Labute approximate surface area is 139 Å². The summed E-state index contributed by atoms with van der Waals surface area (Å²) in [4.78, 5) is 34.9. The maximum absolute atomic E-state index is 12.0. The Morgan fingerprint density at radius 2 is 2.13 bits per heavy atom. The molecule has 1 aromatic rings. The number of nitrogens with zero attached hydrogens (tertiary/aromatic N) is 1. The van der Waals surface area contributed by atoms with Gasteiger partial charge in [0.05, 0.1) is 11.1 Å². The number of carbonyl (C=O) groups is 3. The summed E-state index contributed by atoms with van der Waals surface area (Å²) in [5.41, 5.74) is 0.426. The van der Waals surface area contributed by atoms with Gasteiger partial charge >= 0.3 is 12.0 Å². The maximum Gasteiger partial charge on any atom is 0.329 e. The lowest BCUT2D eigenvalue weighted by Crippen LogP contribution is -2.35. The number of rotatable bonds is 5. The lowest BCUT2D eigenvalue weighted by molar-refractivity contribution is -0.140. The van der Waals surface area contributed by atoms with Crippen LogP contribution in [-0.4, -0.2) is 46.2 Å². The molecule has 0 aliphatic carbocycles. The van der Waals surface area contributed by atoms with Crippen LogP contribution < -0.4 is 10.1 Å². The van der Waals surface area contributed by atoms with Crippen LogP contribution in [0.3, 0.4) is 0 Å². The Hall–Kier alpha value is -2.55. The van der Waals surface area contributed by atoms with Crippen molar-refractivity contribution in [1.29, 1.82) is 0 Å². The second kappa shape index (κ2) is 6.69. The van der Waals surface area contributed by atoms with E-state index in [1.54, 1.807) is 6.92 Å². The Bertz CT molecular complexity index is 715. The van der Waals surface area contributed by atoms with Crippen LogP contribution in [-0.2, 0) is 9.59 Å². The van der Waals surface area contributed by atoms with Crippen molar-refractivity contribution in [2.45, 2.75) is 6.92 Å². The highest BCUT2D eigenvalue weighted by Crippen LogP contribution is 2.36. The number of phenols is 1. The fourth-order valence-electron chi connectivity index (χ4n) is 1.96. The molecule has 1 heterocycles. The Morgan fingerprint density at radius 3 is 2.74 bits per heavy atom. The number of aromatic hydroxyl groups is 1. The van der Waals surface area contributed by atoms with E-state index in [0.717, 1.165) is 0 Å². The van der Waals surface area contributed by atoms with Crippen LogP contribution in [0, 0.1) is 0 Å². The second-order valence-corrected chi connectivity index (χ2v) is 5.41. The molecule has 23 heavy (non-hydrogen) atoms. The number of nitrogens with one attached hydrogen (secondary N) is 1. The summed E-state index contributed by atoms with van der Waals surface area (Å²) in [6, 6.07) is 2.23. The molecule has 1 saturated heterocycles. The first-order valence-corrected chi connectivity index (χ1v) is 7.34. The minimum absolute atomic E-state index is 0.0590. The van der Waals surface area contributed by atoms with Crippen LogP contribution in [0.15, 0.2) is 22.3 Å². The molecule has 0 aromatic heterocycles. The summed E-state index contributed by atoms with van der Waals surface area (Å²) in [7, 11) is 0. The van der Waals surface area contributed by atoms with E-state index in [-0.39, 0.29) is 17.2 Å². The predicted octanol–water partition coefficient (Wildman–Crippen LogP) is 1.53. The zero-order chi connectivity index (χ0) is 17.1. The van der Waals surface area contributed by atoms with Crippen LogP contribution in [0.5, 0.6) is 11.5 Å². The summed E-state index contributed by atoms with van der Waals surface area (Å²) in [5, 5.41) is 20.9. The third-order valence-electron chi connectivity index (χ3n) is 2.92. The van der Waals surface area contributed by atoms with E-state index in [0.29, 0.717) is 21.5 Å². The first-order chi connectivity index (χ1) is 10.8. The monoisotopic (exact) mass is 384 g/mol. The number of hydrogen-bond acceptors (Lipinski definition) is 5.